The molecule has 0 aliphatic rings. The van der Waals surface area contributed by atoms with Crippen LogP contribution in [0.1, 0.15) is 28.4 Å². The van der Waals surface area contributed by atoms with Gasteiger partial charge in [-0.05, 0) is 38.5 Å². The van der Waals surface area contributed by atoms with Gasteiger partial charge in [0.05, 0.1) is 21.7 Å². The molecule has 1 atom stereocenters. The number of benzene rings is 1. The Kier molecular flexibility index (Phi) is 3.63. The Balaban J connectivity index is 1.57. The number of para-hydroxylation sites is 2. The van der Waals surface area contributed by atoms with Gasteiger partial charge in [0.1, 0.15) is 10.7 Å². The lowest BCUT2D eigenvalue weighted by atomic mass is 10.2. The molecule has 7 nitrogen and oxygen atoms in total. The van der Waals surface area contributed by atoms with Gasteiger partial charge in [-0.2, -0.15) is 0 Å². The largest absolute Gasteiger partial charge is 0.309 e. The Morgan fingerprint density at radius 2 is 2.04 bits per heavy atom. The summed E-state index contributed by atoms with van der Waals surface area (Å²) in [5.74, 6) is 1.35. The number of hydrogen-bond donors (Lipinski definition) is 2. The average Bonchev–Trinajstić information content (AvgIpc) is 3.28. The highest BCUT2D eigenvalue weighted by atomic mass is 32.2. The van der Waals surface area contributed by atoms with Crippen LogP contribution in [0.15, 0.2) is 34.2 Å². The Morgan fingerprint density at radius 3 is 2.89 bits per heavy atom. The molecule has 0 radical (unpaired) electrons. The van der Waals surface area contributed by atoms with Gasteiger partial charge in [-0.25, -0.2) is 15.1 Å². The summed E-state index contributed by atoms with van der Waals surface area (Å²) in [4.78, 5) is 26.7. The van der Waals surface area contributed by atoms with Crippen LogP contribution >= 0.6 is 23.1 Å². The number of aromatic nitrogens is 6. The van der Waals surface area contributed by atoms with Gasteiger partial charge in [0.2, 0.25) is 5.78 Å². The lowest BCUT2D eigenvalue weighted by Gasteiger charge is -2.09. The number of H-pyrrole nitrogens is 2. The Bertz CT molecular complexity index is 1380. The number of nitrogens with zero attached hydrogens (tertiary/aromatic N) is 4. The maximum Gasteiger partial charge on any atom is 0.259 e. The van der Waals surface area contributed by atoms with E-state index in [-0.39, 0.29) is 10.8 Å². The van der Waals surface area contributed by atoms with Crippen molar-refractivity contribution in [1.82, 2.24) is 29.5 Å². The maximum atomic E-state index is 12.6. The van der Waals surface area contributed by atoms with E-state index in [4.69, 9.17) is 4.98 Å². The monoisotopic (exact) mass is 396 g/mol. The van der Waals surface area contributed by atoms with Gasteiger partial charge >= 0.3 is 0 Å². The van der Waals surface area contributed by atoms with Crippen molar-refractivity contribution < 1.29 is 0 Å². The SMILES string of the molecule is Cc1sc2nc([C@H](C)Sc3n[nH]c4nc5ccccc5n34)[nH]c(=O)c2c1C. The molecule has 4 heterocycles. The van der Waals surface area contributed by atoms with Crippen LogP contribution in [0, 0.1) is 13.8 Å². The van der Waals surface area contributed by atoms with Crippen LogP contribution in [-0.4, -0.2) is 29.5 Å². The van der Waals surface area contributed by atoms with E-state index in [0.717, 1.165) is 31.5 Å². The van der Waals surface area contributed by atoms with Gasteiger partial charge in [-0.15, -0.1) is 16.4 Å². The number of thioether (sulfide) groups is 1. The minimum atomic E-state index is -0.0791. The second kappa shape index (κ2) is 5.93. The molecule has 0 fully saturated rings. The molecule has 136 valence electrons. The minimum absolute atomic E-state index is 0.0718. The van der Waals surface area contributed by atoms with E-state index in [9.17, 15) is 4.79 Å². The molecular weight excluding hydrogens is 380 g/mol. The molecule has 0 amide bonds. The van der Waals surface area contributed by atoms with Gasteiger partial charge in [0.15, 0.2) is 5.16 Å². The molecule has 0 saturated carbocycles. The summed E-state index contributed by atoms with van der Waals surface area (Å²) in [7, 11) is 0. The molecule has 0 bridgehead atoms. The zero-order valence-electron chi connectivity index (χ0n) is 14.9. The molecule has 2 N–H and O–H groups in total. The molecule has 4 aromatic heterocycles. The summed E-state index contributed by atoms with van der Waals surface area (Å²) < 4.78 is 1.99. The fourth-order valence-corrected chi connectivity index (χ4v) is 5.16. The fraction of sp³-hybridized carbons (Fsp3) is 0.222. The van der Waals surface area contributed by atoms with Gasteiger partial charge in [0.25, 0.3) is 5.56 Å². The first-order valence-electron chi connectivity index (χ1n) is 8.51. The van der Waals surface area contributed by atoms with Crippen molar-refractivity contribution in [1.29, 1.82) is 0 Å². The van der Waals surface area contributed by atoms with Crippen LogP contribution in [0.25, 0.3) is 27.0 Å². The summed E-state index contributed by atoms with van der Waals surface area (Å²) in [6.07, 6.45) is 0. The third-order valence-electron chi connectivity index (χ3n) is 4.73. The second-order valence-electron chi connectivity index (χ2n) is 6.44. The highest BCUT2D eigenvalue weighted by Gasteiger charge is 2.19. The van der Waals surface area contributed by atoms with Crippen molar-refractivity contribution in [3.05, 3.63) is 50.9 Å². The normalized spacial score (nSPS) is 13.1. The number of hydrogen-bond acceptors (Lipinski definition) is 6. The van der Waals surface area contributed by atoms with E-state index in [1.807, 2.05) is 49.4 Å². The first kappa shape index (κ1) is 16.5. The van der Waals surface area contributed by atoms with E-state index >= 15 is 0 Å². The van der Waals surface area contributed by atoms with Gasteiger partial charge in [-0.3, -0.25) is 9.20 Å². The number of aryl methyl sites for hydroxylation is 2. The first-order valence-corrected chi connectivity index (χ1v) is 10.2. The standard InChI is InChI=1S/C18H16N6OS2/c1-8-9(2)26-16-13(8)15(25)20-14(21-16)10(3)27-18-23-22-17-19-11-6-4-5-7-12(11)24(17)18/h4-7,10H,1-3H3,(H,19,22)(H,20,21,25)/t10-/m0/s1. The summed E-state index contributed by atoms with van der Waals surface area (Å²) in [6, 6.07) is 7.94. The van der Waals surface area contributed by atoms with E-state index in [0.29, 0.717) is 17.0 Å². The van der Waals surface area contributed by atoms with Crippen LogP contribution < -0.4 is 5.56 Å². The Labute approximate surface area is 161 Å². The third-order valence-corrected chi connectivity index (χ3v) is 6.89. The van der Waals surface area contributed by atoms with Crippen molar-refractivity contribution in [3.8, 4) is 0 Å². The van der Waals surface area contributed by atoms with Crippen LogP contribution in [0.3, 0.4) is 0 Å². The van der Waals surface area contributed by atoms with Crippen LogP contribution in [0.4, 0.5) is 0 Å². The summed E-state index contributed by atoms with van der Waals surface area (Å²) >= 11 is 3.09. The van der Waals surface area contributed by atoms with Gasteiger partial charge in [0, 0.05) is 4.88 Å². The van der Waals surface area contributed by atoms with Crippen molar-refractivity contribution in [2.24, 2.45) is 0 Å². The first-order chi connectivity index (χ1) is 13.0. The molecule has 0 saturated heterocycles. The van der Waals surface area contributed by atoms with Crippen molar-refractivity contribution in [2.75, 3.05) is 0 Å². The van der Waals surface area contributed by atoms with Crippen LogP contribution in [0.2, 0.25) is 0 Å². The fourth-order valence-electron chi connectivity index (χ4n) is 3.20. The molecule has 0 unspecified atom stereocenters. The van der Waals surface area contributed by atoms with Crippen molar-refractivity contribution in [2.45, 2.75) is 31.2 Å². The number of thiophene rings is 1. The zero-order chi connectivity index (χ0) is 18.7. The number of fused-ring (bicyclic) bond motifs is 4. The van der Waals surface area contributed by atoms with Gasteiger partial charge < -0.3 is 4.98 Å². The predicted octanol–water partition coefficient (Wildman–Crippen LogP) is 3.98. The van der Waals surface area contributed by atoms with Crippen molar-refractivity contribution >= 4 is 50.1 Å². The van der Waals surface area contributed by atoms with Crippen LogP contribution in [0.5, 0.6) is 0 Å². The zero-order valence-corrected chi connectivity index (χ0v) is 16.5. The predicted molar refractivity (Wildman–Crippen MR) is 109 cm³/mol. The topological polar surface area (TPSA) is 91.7 Å². The molecule has 9 heteroatoms. The highest BCUT2D eigenvalue weighted by Crippen LogP contribution is 2.34. The van der Waals surface area contributed by atoms with E-state index in [1.54, 1.807) is 11.3 Å². The quantitative estimate of drug-likeness (QED) is 0.450. The number of nitrogens with one attached hydrogen (secondary N) is 2. The highest BCUT2D eigenvalue weighted by molar-refractivity contribution is 7.99. The van der Waals surface area contributed by atoms with Crippen LogP contribution in [-0.2, 0) is 0 Å². The molecule has 5 rings (SSSR count). The number of rotatable bonds is 3. The average molecular weight is 397 g/mol. The second-order valence-corrected chi connectivity index (χ2v) is 8.95. The maximum absolute atomic E-state index is 12.6. The molecule has 0 spiro atoms. The van der Waals surface area contributed by atoms with E-state index in [1.165, 1.54) is 11.8 Å². The lowest BCUT2D eigenvalue weighted by Crippen LogP contribution is -2.12. The number of aromatic amines is 2. The Hall–Kier alpha value is -2.65. The molecule has 1 aromatic carbocycles. The third kappa shape index (κ3) is 2.49. The summed E-state index contributed by atoms with van der Waals surface area (Å²) in [5.41, 5.74) is 2.84. The summed E-state index contributed by atoms with van der Waals surface area (Å²) in [6.45, 7) is 6.00. The van der Waals surface area contributed by atoms with Crippen molar-refractivity contribution in [3.63, 3.8) is 0 Å². The number of imidazole rings is 1. The molecular formula is C18H16N6OS2. The summed E-state index contributed by atoms with van der Waals surface area (Å²) in [5, 5.41) is 8.78. The van der Waals surface area contributed by atoms with E-state index in [2.05, 4.69) is 20.2 Å². The molecule has 0 aliphatic heterocycles. The van der Waals surface area contributed by atoms with Gasteiger partial charge in [-0.1, -0.05) is 23.9 Å². The molecule has 0 aliphatic carbocycles. The van der Waals surface area contributed by atoms with E-state index < -0.39 is 0 Å². The minimum Gasteiger partial charge on any atom is -0.309 e. The lowest BCUT2D eigenvalue weighted by molar-refractivity contribution is 0.894. The molecule has 27 heavy (non-hydrogen) atoms. The molecule has 5 aromatic rings. The Morgan fingerprint density at radius 1 is 1.22 bits per heavy atom. The smallest absolute Gasteiger partial charge is 0.259 e.